The Kier molecular flexibility index (Phi) is 5.65. The van der Waals surface area contributed by atoms with Gasteiger partial charge in [0.05, 0.1) is 12.2 Å². The molecular weight excluding hydrogens is 346 g/mol. The average Bonchev–Trinajstić information content (AvgIpc) is 2.98. The number of ether oxygens (including phenoxy) is 1. The molecule has 2 N–H and O–H groups in total. The molecule has 0 fully saturated rings. The molecular formula is C19H21N5O3. The lowest BCUT2D eigenvalue weighted by Gasteiger charge is -2.08. The standard InChI is InChI=1S/C19H21N5O3/c1-13-10-14(2)24(23-13)9-8-20-18(25)16-11-21-17(22-19(16)26)12-27-15-6-4-3-5-7-15/h3-7,10-11H,8-9,12H2,1-2H3,(H,20,25)(H,21,22,26). The first-order valence-corrected chi connectivity index (χ1v) is 8.58. The summed E-state index contributed by atoms with van der Waals surface area (Å²) in [6.07, 6.45) is 1.27. The maximum Gasteiger partial charge on any atom is 0.263 e. The van der Waals surface area contributed by atoms with E-state index in [2.05, 4.69) is 20.4 Å². The number of para-hydroxylation sites is 1. The van der Waals surface area contributed by atoms with Gasteiger partial charge in [-0.25, -0.2) is 4.98 Å². The van der Waals surface area contributed by atoms with Crippen LogP contribution in [0.15, 0.2) is 47.4 Å². The number of aryl methyl sites for hydroxylation is 2. The summed E-state index contributed by atoms with van der Waals surface area (Å²) in [5, 5.41) is 7.04. The minimum absolute atomic E-state index is 0.0353. The van der Waals surface area contributed by atoms with E-state index in [-0.39, 0.29) is 12.2 Å². The molecule has 27 heavy (non-hydrogen) atoms. The van der Waals surface area contributed by atoms with Crippen LogP contribution in [0, 0.1) is 13.8 Å². The molecule has 0 aliphatic rings. The molecule has 2 heterocycles. The van der Waals surface area contributed by atoms with E-state index in [1.807, 2.05) is 54.9 Å². The van der Waals surface area contributed by atoms with Crippen LogP contribution in [0.3, 0.4) is 0 Å². The van der Waals surface area contributed by atoms with Gasteiger partial charge in [-0.15, -0.1) is 0 Å². The Balaban J connectivity index is 1.55. The Morgan fingerprint density at radius 2 is 2.04 bits per heavy atom. The number of nitrogens with zero attached hydrogens (tertiary/aromatic N) is 3. The van der Waals surface area contributed by atoms with Crippen LogP contribution in [-0.2, 0) is 13.2 Å². The highest BCUT2D eigenvalue weighted by atomic mass is 16.5. The van der Waals surface area contributed by atoms with Gasteiger partial charge in [0, 0.05) is 18.4 Å². The molecule has 2 aromatic heterocycles. The minimum Gasteiger partial charge on any atom is -0.486 e. The second-order valence-electron chi connectivity index (χ2n) is 6.08. The second kappa shape index (κ2) is 8.31. The van der Waals surface area contributed by atoms with Gasteiger partial charge in [0.15, 0.2) is 0 Å². The van der Waals surface area contributed by atoms with Crippen molar-refractivity contribution in [1.29, 1.82) is 0 Å². The largest absolute Gasteiger partial charge is 0.486 e. The summed E-state index contributed by atoms with van der Waals surface area (Å²) in [7, 11) is 0. The van der Waals surface area contributed by atoms with E-state index in [4.69, 9.17) is 4.74 Å². The molecule has 0 aliphatic carbocycles. The van der Waals surface area contributed by atoms with Gasteiger partial charge >= 0.3 is 0 Å². The molecule has 3 rings (SSSR count). The molecule has 0 saturated carbocycles. The van der Waals surface area contributed by atoms with Gasteiger partial charge < -0.3 is 15.0 Å². The molecule has 1 aromatic carbocycles. The van der Waals surface area contributed by atoms with Gasteiger partial charge in [0.1, 0.15) is 23.7 Å². The van der Waals surface area contributed by atoms with Crippen molar-refractivity contribution in [2.24, 2.45) is 0 Å². The normalized spacial score (nSPS) is 10.6. The van der Waals surface area contributed by atoms with Crippen molar-refractivity contribution in [2.75, 3.05) is 6.54 Å². The summed E-state index contributed by atoms with van der Waals surface area (Å²) in [6, 6.07) is 11.2. The van der Waals surface area contributed by atoms with Gasteiger partial charge in [-0.05, 0) is 32.0 Å². The second-order valence-corrected chi connectivity index (χ2v) is 6.08. The third-order valence-corrected chi connectivity index (χ3v) is 3.93. The Morgan fingerprint density at radius 3 is 2.70 bits per heavy atom. The van der Waals surface area contributed by atoms with Crippen molar-refractivity contribution in [1.82, 2.24) is 25.1 Å². The lowest BCUT2D eigenvalue weighted by atomic mass is 10.3. The van der Waals surface area contributed by atoms with Crippen molar-refractivity contribution in [3.05, 3.63) is 75.7 Å². The third kappa shape index (κ3) is 4.81. The number of aromatic nitrogens is 4. The van der Waals surface area contributed by atoms with E-state index in [1.165, 1.54) is 6.20 Å². The maximum absolute atomic E-state index is 12.2. The first-order chi connectivity index (χ1) is 13.0. The highest BCUT2D eigenvalue weighted by Gasteiger charge is 2.12. The fourth-order valence-corrected chi connectivity index (χ4v) is 2.61. The smallest absolute Gasteiger partial charge is 0.263 e. The first kappa shape index (κ1) is 18.4. The first-order valence-electron chi connectivity index (χ1n) is 8.58. The van der Waals surface area contributed by atoms with Gasteiger partial charge in [0.2, 0.25) is 0 Å². The van der Waals surface area contributed by atoms with Crippen LogP contribution in [0.25, 0.3) is 0 Å². The Labute approximate surface area is 156 Å². The monoisotopic (exact) mass is 367 g/mol. The van der Waals surface area contributed by atoms with Crippen LogP contribution in [0.1, 0.15) is 27.6 Å². The van der Waals surface area contributed by atoms with E-state index in [9.17, 15) is 9.59 Å². The number of hydrogen-bond acceptors (Lipinski definition) is 5. The highest BCUT2D eigenvalue weighted by molar-refractivity contribution is 5.93. The quantitative estimate of drug-likeness (QED) is 0.660. The van der Waals surface area contributed by atoms with Gasteiger partial charge in [-0.3, -0.25) is 14.3 Å². The van der Waals surface area contributed by atoms with Crippen LogP contribution >= 0.6 is 0 Å². The van der Waals surface area contributed by atoms with Gasteiger partial charge in [0.25, 0.3) is 11.5 Å². The zero-order valence-electron chi connectivity index (χ0n) is 15.2. The van der Waals surface area contributed by atoms with E-state index < -0.39 is 11.5 Å². The van der Waals surface area contributed by atoms with Crippen molar-refractivity contribution in [2.45, 2.75) is 27.0 Å². The van der Waals surface area contributed by atoms with E-state index >= 15 is 0 Å². The molecule has 3 aromatic rings. The lowest BCUT2D eigenvalue weighted by molar-refractivity contribution is 0.0949. The van der Waals surface area contributed by atoms with Crippen molar-refractivity contribution >= 4 is 5.91 Å². The molecule has 0 bridgehead atoms. The number of aromatic amines is 1. The minimum atomic E-state index is -0.500. The number of amides is 1. The van der Waals surface area contributed by atoms with Crippen LogP contribution in [-0.4, -0.2) is 32.2 Å². The number of rotatable bonds is 7. The summed E-state index contributed by atoms with van der Waals surface area (Å²) in [5.41, 5.74) is 1.41. The number of H-pyrrole nitrogens is 1. The fraction of sp³-hybridized carbons (Fsp3) is 0.263. The van der Waals surface area contributed by atoms with Crippen LogP contribution in [0.5, 0.6) is 5.75 Å². The summed E-state index contributed by atoms with van der Waals surface area (Å²) in [5.74, 6) is 0.551. The third-order valence-electron chi connectivity index (χ3n) is 3.93. The topological polar surface area (TPSA) is 102 Å². The number of benzene rings is 1. The summed E-state index contributed by atoms with van der Waals surface area (Å²) < 4.78 is 7.34. The van der Waals surface area contributed by atoms with Crippen LogP contribution in [0.4, 0.5) is 0 Å². The van der Waals surface area contributed by atoms with Crippen LogP contribution in [0.2, 0.25) is 0 Å². The Bertz CT molecular complexity index is 979. The highest BCUT2D eigenvalue weighted by Crippen LogP contribution is 2.09. The number of nitrogens with one attached hydrogen (secondary N) is 2. The van der Waals surface area contributed by atoms with Crippen molar-refractivity contribution < 1.29 is 9.53 Å². The SMILES string of the molecule is Cc1cc(C)n(CCNC(=O)c2cnc(COc3ccccc3)[nH]c2=O)n1. The van der Waals surface area contributed by atoms with Gasteiger partial charge in [-0.1, -0.05) is 18.2 Å². The van der Waals surface area contributed by atoms with E-state index in [0.717, 1.165) is 11.4 Å². The molecule has 0 radical (unpaired) electrons. The number of carbonyl (C=O) groups is 1. The van der Waals surface area contributed by atoms with Gasteiger partial charge in [-0.2, -0.15) is 5.10 Å². The molecule has 8 nitrogen and oxygen atoms in total. The predicted molar refractivity (Wildman–Crippen MR) is 99.7 cm³/mol. The summed E-state index contributed by atoms with van der Waals surface area (Å²) in [6.45, 7) is 4.86. The van der Waals surface area contributed by atoms with E-state index in [1.54, 1.807) is 0 Å². The number of carbonyl (C=O) groups excluding carboxylic acids is 1. The molecule has 1 amide bonds. The lowest BCUT2D eigenvalue weighted by Crippen LogP contribution is -2.33. The average molecular weight is 367 g/mol. The van der Waals surface area contributed by atoms with E-state index in [0.29, 0.717) is 24.7 Å². The molecule has 0 aliphatic heterocycles. The zero-order chi connectivity index (χ0) is 19.2. The van der Waals surface area contributed by atoms with Crippen LogP contribution < -0.4 is 15.6 Å². The summed E-state index contributed by atoms with van der Waals surface area (Å²) in [4.78, 5) is 31.0. The molecule has 0 spiro atoms. The Morgan fingerprint density at radius 1 is 1.26 bits per heavy atom. The van der Waals surface area contributed by atoms with Crippen molar-refractivity contribution in [3.8, 4) is 5.75 Å². The molecule has 8 heteroatoms. The molecule has 0 atom stereocenters. The molecule has 140 valence electrons. The van der Waals surface area contributed by atoms with Crippen molar-refractivity contribution in [3.63, 3.8) is 0 Å². The predicted octanol–water partition coefficient (Wildman–Crippen LogP) is 1.59. The molecule has 0 saturated heterocycles. The summed E-state index contributed by atoms with van der Waals surface area (Å²) >= 11 is 0. The fourth-order valence-electron chi connectivity index (χ4n) is 2.61. The zero-order valence-corrected chi connectivity index (χ0v) is 15.2. The molecule has 0 unspecified atom stereocenters. The maximum atomic E-state index is 12.2. The Hall–Kier alpha value is -3.42. The number of hydrogen-bond donors (Lipinski definition) is 2.